The van der Waals surface area contributed by atoms with Gasteiger partial charge in [0.15, 0.2) is 0 Å². The SMILES string of the molecule is C=CC[C@@H](c1ccccc1)P1(=O)O[C@@H](C)CCN1C(C)(C)C. The van der Waals surface area contributed by atoms with E-state index in [1.54, 1.807) is 0 Å². The van der Waals surface area contributed by atoms with Crippen LogP contribution in [-0.4, -0.2) is 22.9 Å². The predicted octanol–water partition coefficient (Wildman–Crippen LogP) is 5.41. The molecule has 0 aliphatic carbocycles. The molecule has 0 saturated carbocycles. The monoisotopic (exact) mass is 321 g/mol. The first kappa shape index (κ1) is 17.5. The summed E-state index contributed by atoms with van der Waals surface area (Å²) in [5.74, 6) is 0. The van der Waals surface area contributed by atoms with Crippen LogP contribution in [-0.2, 0) is 9.09 Å². The smallest absolute Gasteiger partial charge is 0.280 e. The average molecular weight is 321 g/mol. The molecule has 1 aliphatic heterocycles. The molecule has 0 aromatic heterocycles. The van der Waals surface area contributed by atoms with E-state index in [-0.39, 0.29) is 17.3 Å². The zero-order valence-corrected chi connectivity index (χ0v) is 15.1. The Morgan fingerprint density at radius 1 is 1.41 bits per heavy atom. The zero-order chi connectivity index (χ0) is 16.4. The van der Waals surface area contributed by atoms with Crippen LogP contribution in [0.1, 0.15) is 51.8 Å². The third kappa shape index (κ3) is 3.53. The second-order valence-electron chi connectivity index (χ2n) is 7.01. The lowest BCUT2D eigenvalue weighted by atomic mass is 10.1. The van der Waals surface area contributed by atoms with E-state index in [2.05, 4.69) is 32.0 Å². The number of hydrogen-bond acceptors (Lipinski definition) is 2. The maximum absolute atomic E-state index is 14.0. The lowest BCUT2D eigenvalue weighted by Gasteiger charge is -2.48. The van der Waals surface area contributed by atoms with Crippen molar-refractivity contribution in [3.63, 3.8) is 0 Å². The highest BCUT2D eigenvalue weighted by Gasteiger charge is 2.48. The van der Waals surface area contributed by atoms with Gasteiger partial charge >= 0.3 is 0 Å². The zero-order valence-electron chi connectivity index (χ0n) is 14.2. The molecule has 1 unspecified atom stereocenters. The summed E-state index contributed by atoms with van der Waals surface area (Å²) < 4.78 is 22.2. The quantitative estimate of drug-likeness (QED) is 0.549. The van der Waals surface area contributed by atoms with E-state index in [4.69, 9.17) is 4.52 Å². The Kier molecular flexibility index (Phi) is 5.32. The van der Waals surface area contributed by atoms with Crippen LogP contribution in [0, 0.1) is 0 Å². The lowest BCUT2D eigenvalue weighted by Crippen LogP contribution is -2.45. The molecular weight excluding hydrogens is 293 g/mol. The third-order valence-electron chi connectivity index (χ3n) is 4.16. The van der Waals surface area contributed by atoms with Gasteiger partial charge in [-0.1, -0.05) is 36.4 Å². The van der Waals surface area contributed by atoms with Crippen LogP contribution in [0.2, 0.25) is 0 Å². The minimum Gasteiger partial charge on any atom is -0.314 e. The van der Waals surface area contributed by atoms with Crippen molar-refractivity contribution in [2.24, 2.45) is 0 Å². The summed E-state index contributed by atoms with van der Waals surface area (Å²) in [6, 6.07) is 10.0. The molecule has 0 bridgehead atoms. The maximum atomic E-state index is 14.0. The van der Waals surface area contributed by atoms with Gasteiger partial charge in [-0.2, -0.15) is 0 Å². The average Bonchev–Trinajstić information content (AvgIpc) is 2.44. The number of nitrogens with zero attached hydrogens (tertiary/aromatic N) is 1. The van der Waals surface area contributed by atoms with Crippen LogP contribution < -0.4 is 0 Å². The summed E-state index contributed by atoms with van der Waals surface area (Å²) in [5.41, 5.74) is 0.714. The van der Waals surface area contributed by atoms with Crippen LogP contribution in [0.4, 0.5) is 0 Å². The Morgan fingerprint density at radius 3 is 2.59 bits per heavy atom. The van der Waals surface area contributed by atoms with Crippen LogP contribution in [0.3, 0.4) is 0 Å². The number of rotatable bonds is 4. The lowest BCUT2D eigenvalue weighted by molar-refractivity contribution is 0.0956. The number of hydrogen-bond donors (Lipinski definition) is 0. The second-order valence-corrected chi connectivity index (χ2v) is 9.46. The summed E-state index contributed by atoms with van der Waals surface area (Å²) in [6.45, 7) is 13.0. The summed E-state index contributed by atoms with van der Waals surface area (Å²) >= 11 is 0. The predicted molar refractivity (Wildman–Crippen MR) is 93.2 cm³/mol. The molecular formula is C18H28NO2P. The molecule has 0 N–H and O–H groups in total. The van der Waals surface area contributed by atoms with Gasteiger partial charge in [0.2, 0.25) is 0 Å². The number of benzene rings is 1. The molecule has 1 aromatic rings. The Morgan fingerprint density at radius 2 is 2.05 bits per heavy atom. The minimum absolute atomic E-state index is 0.0282. The first-order valence-corrected chi connectivity index (χ1v) is 9.66. The molecule has 3 nitrogen and oxygen atoms in total. The standard InChI is InChI=1S/C18H28NO2P/c1-6-10-17(16-11-8-7-9-12-16)22(20)19(18(3,4)5)14-13-15(2)21-22/h6-9,11-12,15,17H,1,10,13-14H2,2-5H3/t15-,17-,22?/m0/s1. The highest BCUT2D eigenvalue weighted by molar-refractivity contribution is 7.57. The van der Waals surface area contributed by atoms with E-state index < -0.39 is 7.52 Å². The van der Waals surface area contributed by atoms with Gasteiger partial charge in [-0.25, -0.2) is 4.67 Å². The Bertz CT molecular complexity index is 550. The Labute approximate surface area is 134 Å². The van der Waals surface area contributed by atoms with E-state index in [0.29, 0.717) is 6.42 Å². The molecule has 4 heteroatoms. The minimum atomic E-state index is -2.99. The Hall–Kier alpha value is -0.890. The summed E-state index contributed by atoms with van der Waals surface area (Å²) in [4.78, 5) is 0. The maximum Gasteiger partial charge on any atom is 0.280 e. The van der Waals surface area contributed by atoms with Gasteiger partial charge < -0.3 is 4.52 Å². The van der Waals surface area contributed by atoms with Gasteiger partial charge in [0.25, 0.3) is 7.52 Å². The fourth-order valence-electron chi connectivity index (χ4n) is 3.10. The van der Waals surface area contributed by atoms with Crippen molar-refractivity contribution < 1.29 is 9.09 Å². The van der Waals surface area contributed by atoms with E-state index in [1.165, 1.54) is 0 Å². The Balaban J connectivity index is 2.49. The van der Waals surface area contributed by atoms with Crippen LogP contribution >= 0.6 is 7.52 Å². The van der Waals surface area contributed by atoms with E-state index in [0.717, 1.165) is 18.5 Å². The van der Waals surface area contributed by atoms with Gasteiger partial charge in [-0.05, 0) is 46.1 Å². The van der Waals surface area contributed by atoms with Crippen molar-refractivity contribution >= 4 is 7.52 Å². The molecule has 0 amide bonds. The van der Waals surface area contributed by atoms with Crippen molar-refractivity contribution in [3.8, 4) is 0 Å². The van der Waals surface area contributed by atoms with Crippen LogP contribution in [0.15, 0.2) is 43.0 Å². The van der Waals surface area contributed by atoms with Gasteiger partial charge in [0, 0.05) is 12.1 Å². The molecule has 1 fully saturated rings. The fraction of sp³-hybridized carbons (Fsp3) is 0.556. The highest BCUT2D eigenvalue weighted by atomic mass is 31.2. The molecule has 3 atom stereocenters. The number of allylic oxidation sites excluding steroid dienone is 1. The van der Waals surface area contributed by atoms with E-state index >= 15 is 0 Å². The van der Waals surface area contributed by atoms with Gasteiger partial charge in [0.05, 0.1) is 11.8 Å². The van der Waals surface area contributed by atoms with Gasteiger partial charge in [-0.3, -0.25) is 4.57 Å². The molecule has 1 aromatic carbocycles. The van der Waals surface area contributed by atoms with Gasteiger partial charge in [-0.15, -0.1) is 6.58 Å². The highest BCUT2D eigenvalue weighted by Crippen LogP contribution is 2.68. The van der Waals surface area contributed by atoms with Crippen molar-refractivity contribution in [2.45, 2.75) is 57.8 Å². The summed E-state index contributed by atoms with van der Waals surface area (Å²) in [6.07, 6.45) is 3.44. The molecule has 1 heterocycles. The second kappa shape index (κ2) is 6.70. The van der Waals surface area contributed by atoms with Crippen LogP contribution in [0.25, 0.3) is 0 Å². The van der Waals surface area contributed by atoms with Crippen LogP contribution in [0.5, 0.6) is 0 Å². The van der Waals surface area contributed by atoms with E-state index in [1.807, 2.05) is 43.3 Å². The molecule has 122 valence electrons. The fourth-order valence-corrected chi connectivity index (χ4v) is 6.51. The molecule has 2 rings (SSSR count). The molecule has 1 saturated heterocycles. The largest absolute Gasteiger partial charge is 0.314 e. The van der Waals surface area contributed by atoms with Crippen molar-refractivity contribution in [1.82, 2.24) is 4.67 Å². The third-order valence-corrected chi connectivity index (χ3v) is 7.59. The first-order chi connectivity index (χ1) is 10.3. The van der Waals surface area contributed by atoms with Crippen molar-refractivity contribution in [1.29, 1.82) is 0 Å². The van der Waals surface area contributed by atoms with Crippen molar-refractivity contribution in [3.05, 3.63) is 48.6 Å². The van der Waals surface area contributed by atoms with Crippen molar-refractivity contribution in [2.75, 3.05) is 6.54 Å². The summed E-state index contributed by atoms with van der Waals surface area (Å²) in [5, 5.41) is 0. The molecule has 1 aliphatic rings. The van der Waals surface area contributed by atoms with E-state index in [9.17, 15) is 4.57 Å². The summed E-state index contributed by atoms with van der Waals surface area (Å²) in [7, 11) is -2.99. The molecule has 22 heavy (non-hydrogen) atoms. The molecule has 0 spiro atoms. The molecule has 0 radical (unpaired) electrons. The first-order valence-electron chi connectivity index (χ1n) is 8.01. The normalized spacial score (nSPS) is 28.3. The topological polar surface area (TPSA) is 29.5 Å². The van der Waals surface area contributed by atoms with Gasteiger partial charge in [0.1, 0.15) is 0 Å².